The highest BCUT2D eigenvalue weighted by Gasteiger charge is 2.16. The molecule has 2 aromatic carbocycles. The lowest BCUT2D eigenvalue weighted by atomic mass is 10.1. The molecule has 11 heteroatoms. The van der Waals surface area contributed by atoms with Gasteiger partial charge in [0.25, 0.3) is 10.1 Å². The predicted molar refractivity (Wildman–Crippen MR) is 113 cm³/mol. The van der Waals surface area contributed by atoms with Crippen LogP contribution in [0.4, 0.5) is 17.1 Å². The molecule has 0 saturated heterocycles. The minimum atomic E-state index is -4.32. The number of aliphatic carboxylic acids is 2. The van der Waals surface area contributed by atoms with Crippen LogP contribution in [0.15, 0.2) is 51.5 Å². The lowest BCUT2D eigenvalue weighted by Gasteiger charge is -2.25. The molecule has 0 aliphatic rings. The SMILES string of the molecule is Cc1cc(N=Nc2ccc(S(=O)(=O)O)cc2)c(N(CCC(=O)O)CCC(=O)O)cc1C. The molecule has 2 rings (SSSR count). The molecule has 0 unspecified atom stereocenters. The van der Waals surface area contributed by atoms with Gasteiger partial charge in [-0.3, -0.25) is 14.1 Å². The zero-order valence-electron chi connectivity index (χ0n) is 17.0. The van der Waals surface area contributed by atoms with Gasteiger partial charge >= 0.3 is 11.9 Å². The number of carboxylic acid groups (broad SMARTS) is 2. The first-order chi connectivity index (χ1) is 14.5. The number of benzene rings is 2. The van der Waals surface area contributed by atoms with Crippen molar-refractivity contribution in [1.29, 1.82) is 0 Å². The second-order valence-electron chi connectivity index (χ2n) is 6.87. The summed E-state index contributed by atoms with van der Waals surface area (Å²) in [5, 5.41) is 26.4. The fraction of sp³-hybridized carbons (Fsp3) is 0.300. The second-order valence-corrected chi connectivity index (χ2v) is 8.29. The fourth-order valence-corrected chi connectivity index (χ4v) is 3.21. The van der Waals surface area contributed by atoms with Crippen LogP contribution in [0.25, 0.3) is 0 Å². The highest BCUT2D eigenvalue weighted by molar-refractivity contribution is 7.85. The molecule has 0 aliphatic carbocycles. The largest absolute Gasteiger partial charge is 0.481 e. The van der Waals surface area contributed by atoms with Gasteiger partial charge in [-0.1, -0.05) is 0 Å². The number of anilines is 1. The van der Waals surface area contributed by atoms with Crippen LogP contribution in [0.5, 0.6) is 0 Å². The predicted octanol–water partition coefficient (Wildman–Crippen LogP) is 3.72. The first-order valence-corrected chi connectivity index (χ1v) is 10.7. The Morgan fingerprint density at radius 3 is 1.90 bits per heavy atom. The van der Waals surface area contributed by atoms with E-state index in [1.807, 2.05) is 13.8 Å². The molecule has 0 spiro atoms. The maximum Gasteiger partial charge on any atom is 0.305 e. The molecular weight excluding hydrogens is 426 g/mol. The maximum absolute atomic E-state index is 11.1. The van der Waals surface area contributed by atoms with E-state index in [0.29, 0.717) is 17.1 Å². The Morgan fingerprint density at radius 2 is 1.42 bits per heavy atom. The van der Waals surface area contributed by atoms with Crippen LogP contribution < -0.4 is 4.90 Å². The van der Waals surface area contributed by atoms with Gasteiger partial charge in [0.05, 0.1) is 29.1 Å². The normalized spacial score (nSPS) is 11.6. The average Bonchev–Trinajstić information content (AvgIpc) is 2.68. The first-order valence-electron chi connectivity index (χ1n) is 9.26. The summed E-state index contributed by atoms with van der Waals surface area (Å²) in [6.45, 7) is 3.94. The smallest absolute Gasteiger partial charge is 0.305 e. The van der Waals surface area contributed by atoms with Crippen molar-refractivity contribution in [2.45, 2.75) is 31.6 Å². The van der Waals surface area contributed by atoms with Crippen molar-refractivity contribution in [2.75, 3.05) is 18.0 Å². The van der Waals surface area contributed by atoms with E-state index in [0.717, 1.165) is 11.1 Å². The van der Waals surface area contributed by atoms with Crippen LogP contribution in [0.2, 0.25) is 0 Å². The summed E-state index contributed by atoms with van der Waals surface area (Å²) in [4.78, 5) is 23.5. The number of nitrogens with zero attached hydrogens (tertiary/aromatic N) is 3. The van der Waals surface area contributed by atoms with E-state index in [1.165, 1.54) is 24.3 Å². The molecule has 31 heavy (non-hydrogen) atoms. The lowest BCUT2D eigenvalue weighted by Crippen LogP contribution is -2.29. The van der Waals surface area contributed by atoms with E-state index in [4.69, 9.17) is 14.8 Å². The minimum Gasteiger partial charge on any atom is -0.481 e. The third-order valence-corrected chi connectivity index (χ3v) is 5.40. The number of hydrogen-bond acceptors (Lipinski definition) is 7. The van der Waals surface area contributed by atoms with Crippen LogP contribution >= 0.6 is 0 Å². The molecule has 166 valence electrons. The summed E-state index contributed by atoms with van der Waals surface area (Å²) in [6.07, 6.45) is -0.361. The van der Waals surface area contributed by atoms with E-state index in [9.17, 15) is 18.0 Å². The van der Waals surface area contributed by atoms with Crippen LogP contribution in [0.3, 0.4) is 0 Å². The number of rotatable bonds is 10. The summed E-state index contributed by atoms with van der Waals surface area (Å²) < 4.78 is 31.3. The molecule has 10 nitrogen and oxygen atoms in total. The van der Waals surface area contributed by atoms with Crippen LogP contribution in [-0.2, 0) is 19.7 Å². The van der Waals surface area contributed by atoms with Crippen LogP contribution in [0, 0.1) is 13.8 Å². The van der Waals surface area contributed by atoms with Gasteiger partial charge in [0.15, 0.2) is 0 Å². The summed E-state index contributed by atoms with van der Waals surface area (Å²) in [7, 11) is -4.32. The maximum atomic E-state index is 11.1. The molecule has 0 aromatic heterocycles. The first kappa shape index (κ1) is 24.0. The van der Waals surface area contributed by atoms with Crippen molar-refractivity contribution in [3.05, 3.63) is 47.5 Å². The molecule has 0 bridgehead atoms. The van der Waals surface area contributed by atoms with E-state index in [-0.39, 0.29) is 30.8 Å². The summed E-state index contributed by atoms with van der Waals surface area (Å²) in [5.41, 5.74) is 3.12. The minimum absolute atomic E-state index is 0.0939. The number of aryl methyl sites for hydroxylation is 2. The van der Waals surface area contributed by atoms with Gasteiger partial charge in [-0.2, -0.15) is 13.5 Å². The summed E-state index contributed by atoms with van der Waals surface area (Å²) in [5.74, 6) is -2.02. The quantitative estimate of drug-likeness (QED) is 0.366. The van der Waals surface area contributed by atoms with Gasteiger partial charge in [0.2, 0.25) is 0 Å². The van der Waals surface area contributed by atoms with Crippen molar-refractivity contribution in [3.63, 3.8) is 0 Å². The topological polar surface area (TPSA) is 157 Å². The van der Waals surface area contributed by atoms with Crippen molar-refractivity contribution in [2.24, 2.45) is 10.2 Å². The molecule has 0 radical (unpaired) electrons. The zero-order valence-corrected chi connectivity index (χ0v) is 17.8. The molecule has 0 heterocycles. The van der Waals surface area contributed by atoms with Crippen LogP contribution in [0.1, 0.15) is 24.0 Å². The van der Waals surface area contributed by atoms with Crippen molar-refractivity contribution >= 4 is 39.1 Å². The number of azo groups is 1. The third-order valence-electron chi connectivity index (χ3n) is 4.53. The zero-order chi connectivity index (χ0) is 23.2. The molecule has 0 atom stereocenters. The van der Waals surface area contributed by atoms with E-state index >= 15 is 0 Å². The molecule has 0 amide bonds. The molecule has 3 N–H and O–H groups in total. The molecule has 0 saturated carbocycles. The number of carbonyl (C=O) groups is 2. The Labute approximate surface area is 179 Å². The van der Waals surface area contributed by atoms with Crippen molar-refractivity contribution in [3.8, 4) is 0 Å². The van der Waals surface area contributed by atoms with Gasteiger partial charge in [-0.05, 0) is 61.4 Å². The lowest BCUT2D eigenvalue weighted by molar-refractivity contribution is -0.137. The Morgan fingerprint density at radius 1 is 0.903 bits per heavy atom. The van der Waals surface area contributed by atoms with Gasteiger partial charge < -0.3 is 15.1 Å². The Kier molecular flexibility index (Phi) is 7.83. The Balaban J connectivity index is 2.41. The Hall–Kier alpha value is -3.31. The van der Waals surface area contributed by atoms with Crippen molar-refractivity contribution < 1.29 is 32.8 Å². The molecular formula is C20H23N3O7S. The third kappa shape index (κ3) is 7.15. The second kappa shape index (κ2) is 10.1. The van der Waals surface area contributed by atoms with Gasteiger partial charge in [0, 0.05) is 13.1 Å². The Bertz CT molecular complexity index is 1080. The van der Waals surface area contributed by atoms with E-state index < -0.39 is 22.1 Å². The fourth-order valence-electron chi connectivity index (χ4n) is 2.73. The summed E-state index contributed by atoms with van der Waals surface area (Å²) >= 11 is 0. The van der Waals surface area contributed by atoms with Gasteiger partial charge in [-0.15, -0.1) is 5.11 Å². The molecule has 2 aromatic rings. The molecule has 0 aliphatic heterocycles. The van der Waals surface area contributed by atoms with Crippen molar-refractivity contribution in [1.82, 2.24) is 0 Å². The van der Waals surface area contributed by atoms with E-state index in [2.05, 4.69) is 10.2 Å². The number of hydrogen-bond donors (Lipinski definition) is 3. The van der Waals surface area contributed by atoms with E-state index in [1.54, 1.807) is 17.0 Å². The average molecular weight is 449 g/mol. The van der Waals surface area contributed by atoms with Gasteiger partial charge in [0.1, 0.15) is 5.69 Å². The molecule has 0 fully saturated rings. The van der Waals surface area contributed by atoms with Gasteiger partial charge in [-0.25, -0.2) is 0 Å². The monoisotopic (exact) mass is 449 g/mol. The van der Waals surface area contributed by atoms with Crippen LogP contribution in [-0.4, -0.2) is 48.2 Å². The highest BCUT2D eigenvalue weighted by atomic mass is 32.2. The summed E-state index contributed by atoms with van der Waals surface area (Å²) in [6, 6.07) is 8.69. The number of carboxylic acids is 2. The standard InChI is InChI=1S/C20H23N3O7S/c1-13-11-17(22-21-15-3-5-16(6-4-15)31(28,29)30)18(12-14(13)2)23(9-7-19(24)25)10-8-20(26)27/h3-6,11-12H,7-10H2,1-2H3,(H,24,25)(H,26,27)(H,28,29,30). The highest BCUT2D eigenvalue weighted by Crippen LogP contribution is 2.33.